The number of carbonyl (C=O) groups is 1. The van der Waals surface area contributed by atoms with Crippen molar-refractivity contribution in [3.8, 4) is 0 Å². The monoisotopic (exact) mass is 666 g/mol. The molecule has 0 aromatic carbocycles. The van der Waals surface area contributed by atoms with E-state index < -0.39 is 0 Å². The molecule has 276 valence electrons. The largest absolute Gasteiger partial charge is 0.463 e. The second-order valence-corrected chi connectivity index (χ2v) is 11.1. The summed E-state index contributed by atoms with van der Waals surface area (Å²) in [7, 11) is 1.65. The van der Waals surface area contributed by atoms with Crippen molar-refractivity contribution in [2.24, 2.45) is 0 Å². The molecule has 0 fully saturated rings. The molecule has 0 heterocycles. The van der Waals surface area contributed by atoms with Gasteiger partial charge in [-0.2, -0.15) is 0 Å². The summed E-state index contributed by atoms with van der Waals surface area (Å²) in [5.41, 5.74) is 0. The molecule has 46 heavy (non-hydrogen) atoms. The van der Waals surface area contributed by atoms with Crippen LogP contribution in [0.25, 0.3) is 0 Å². The van der Waals surface area contributed by atoms with Gasteiger partial charge >= 0.3 is 5.97 Å². The van der Waals surface area contributed by atoms with Crippen LogP contribution in [0.1, 0.15) is 96.8 Å². The van der Waals surface area contributed by atoms with Crippen LogP contribution in [0.15, 0.2) is 0 Å². The Morgan fingerprint density at radius 1 is 0.348 bits per heavy atom. The first-order valence-electron chi connectivity index (χ1n) is 18.1. The molecule has 0 N–H and O–H groups in total. The highest BCUT2D eigenvalue weighted by Gasteiger charge is 2.03. The summed E-state index contributed by atoms with van der Waals surface area (Å²) in [6.45, 7) is 11.3. The highest BCUT2D eigenvalue weighted by Crippen LogP contribution is 2.13. The third-order valence-corrected chi connectivity index (χ3v) is 7.01. The minimum atomic E-state index is -0.129. The van der Waals surface area contributed by atoms with Crippen molar-refractivity contribution in [3.63, 3.8) is 0 Å². The van der Waals surface area contributed by atoms with Crippen molar-refractivity contribution in [2.45, 2.75) is 96.8 Å². The van der Waals surface area contributed by atoms with Crippen molar-refractivity contribution < 1.29 is 52.2 Å². The summed E-state index contributed by atoms with van der Waals surface area (Å²) in [5.74, 6) is -0.129. The maximum Gasteiger partial charge on any atom is 0.305 e. The first kappa shape index (κ1) is 45.1. The standard InChI is InChI=1S/C35H70O11/c1-3-4-5-6-7-8-9-10-11-12-13-14-15-16-35(36)46-34-33-45-32-31-44-30-29-43-28-27-42-26-25-41-24-23-40-22-21-39-20-19-38-18-17-37-2/h3-34H2,1-2H3. The van der Waals surface area contributed by atoms with E-state index in [-0.39, 0.29) is 5.97 Å². The fourth-order valence-electron chi connectivity index (χ4n) is 4.36. The van der Waals surface area contributed by atoms with Crippen molar-refractivity contribution in [1.29, 1.82) is 0 Å². The molecule has 11 heteroatoms. The summed E-state index contributed by atoms with van der Waals surface area (Å²) in [6.07, 6.45) is 17.4. The molecule has 0 bridgehead atoms. The molecule has 0 aromatic rings. The lowest BCUT2D eigenvalue weighted by molar-refractivity contribution is -0.145. The number of ether oxygens (including phenoxy) is 10. The summed E-state index contributed by atoms with van der Waals surface area (Å²) in [6, 6.07) is 0. The predicted molar refractivity (Wildman–Crippen MR) is 180 cm³/mol. The zero-order valence-electron chi connectivity index (χ0n) is 29.6. The Kier molecular flexibility index (Phi) is 41.3. The Morgan fingerprint density at radius 2 is 0.609 bits per heavy atom. The van der Waals surface area contributed by atoms with Crippen LogP contribution >= 0.6 is 0 Å². The zero-order chi connectivity index (χ0) is 33.3. The number of hydrogen-bond acceptors (Lipinski definition) is 11. The molecule has 0 aliphatic heterocycles. The highest BCUT2D eigenvalue weighted by molar-refractivity contribution is 5.69. The predicted octanol–water partition coefficient (Wildman–Crippen LogP) is 5.79. The van der Waals surface area contributed by atoms with Gasteiger partial charge in [0.05, 0.1) is 112 Å². The lowest BCUT2D eigenvalue weighted by Crippen LogP contribution is -2.15. The smallest absolute Gasteiger partial charge is 0.305 e. The van der Waals surface area contributed by atoms with Crippen molar-refractivity contribution in [1.82, 2.24) is 0 Å². The van der Waals surface area contributed by atoms with E-state index in [9.17, 15) is 4.79 Å². The quantitative estimate of drug-likeness (QED) is 0.0584. The second kappa shape index (κ2) is 42.1. The average molecular weight is 667 g/mol. The fourth-order valence-corrected chi connectivity index (χ4v) is 4.36. The van der Waals surface area contributed by atoms with Gasteiger partial charge in [0.25, 0.3) is 0 Å². The van der Waals surface area contributed by atoms with Gasteiger partial charge in [-0.15, -0.1) is 0 Å². The summed E-state index contributed by atoms with van der Waals surface area (Å²) < 4.78 is 53.6. The molecule has 0 saturated heterocycles. The van der Waals surface area contributed by atoms with Crippen LogP contribution in [-0.2, 0) is 52.2 Å². The van der Waals surface area contributed by atoms with E-state index in [1.165, 1.54) is 70.6 Å². The maximum atomic E-state index is 11.8. The van der Waals surface area contributed by atoms with Gasteiger partial charge in [-0.05, 0) is 6.42 Å². The normalized spacial score (nSPS) is 11.4. The van der Waals surface area contributed by atoms with Gasteiger partial charge in [0.2, 0.25) is 0 Å². The lowest BCUT2D eigenvalue weighted by atomic mass is 10.0. The van der Waals surface area contributed by atoms with Crippen molar-refractivity contribution in [2.75, 3.05) is 126 Å². The Labute approximate surface area is 280 Å². The van der Waals surface area contributed by atoms with Crippen molar-refractivity contribution in [3.05, 3.63) is 0 Å². The minimum absolute atomic E-state index is 0.129. The van der Waals surface area contributed by atoms with E-state index >= 15 is 0 Å². The van der Waals surface area contributed by atoms with Crippen LogP contribution in [0.4, 0.5) is 0 Å². The van der Waals surface area contributed by atoms with Crippen LogP contribution < -0.4 is 0 Å². The number of unbranched alkanes of at least 4 members (excludes halogenated alkanes) is 12. The van der Waals surface area contributed by atoms with Gasteiger partial charge in [-0.3, -0.25) is 4.79 Å². The molecule has 0 saturated carbocycles. The molecule has 0 aliphatic carbocycles. The number of hydrogen-bond donors (Lipinski definition) is 0. The molecule has 0 aliphatic rings. The Morgan fingerprint density at radius 3 is 0.913 bits per heavy atom. The van der Waals surface area contributed by atoms with Crippen molar-refractivity contribution >= 4 is 5.97 Å². The first-order chi connectivity index (χ1) is 22.8. The molecular weight excluding hydrogens is 596 g/mol. The van der Waals surface area contributed by atoms with Crippen LogP contribution in [-0.4, -0.2) is 132 Å². The fraction of sp³-hybridized carbons (Fsp3) is 0.971. The Bertz CT molecular complexity index is 569. The van der Waals surface area contributed by atoms with E-state index in [1.54, 1.807) is 7.11 Å². The minimum Gasteiger partial charge on any atom is -0.463 e. The van der Waals surface area contributed by atoms with Gasteiger partial charge in [-0.1, -0.05) is 84.0 Å². The molecule has 0 unspecified atom stereocenters. The molecule has 0 atom stereocenters. The van der Waals surface area contributed by atoms with E-state index in [0.717, 1.165) is 12.8 Å². The number of carbonyl (C=O) groups excluding carboxylic acids is 1. The third kappa shape index (κ3) is 41.1. The number of esters is 1. The van der Waals surface area contributed by atoms with Gasteiger partial charge in [0.1, 0.15) is 6.61 Å². The Balaban J connectivity index is 3.12. The molecular formula is C35H70O11. The average Bonchev–Trinajstić information content (AvgIpc) is 3.06. The third-order valence-electron chi connectivity index (χ3n) is 7.01. The molecule has 0 radical (unpaired) electrons. The zero-order valence-corrected chi connectivity index (χ0v) is 29.6. The van der Waals surface area contributed by atoms with Gasteiger partial charge in [-0.25, -0.2) is 0 Å². The molecule has 11 nitrogen and oxygen atoms in total. The van der Waals surface area contributed by atoms with E-state index in [0.29, 0.717) is 125 Å². The maximum absolute atomic E-state index is 11.8. The molecule has 0 amide bonds. The van der Waals surface area contributed by atoms with Crippen LogP contribution in [0, 0.1) is 0 Å². The SMILES string of the molecule is CCCCCCCCCCCCCCCC(=O)OCCOCCOCCOCCOCCOCCOCCOCCOCCOC. The second-order valence-electron chi connectivity index (χ2n) is 11.1. The summed E-state index contributed by atoms with van der Waals surface area (Å²) in [4.78, 5) is 11.8. The lowest BCUT2D eigenvalue weighted by Gasteiger charge is -2.09. The van der Waals surface area contributed by atoms with Gasteiger partial charge < -0.3 is 47.4 Å². The molecule has 0 rings (SSSR count). The topological polar surface area (TPSA) is 109 Å². The summed E-state index contributed by atoms with van der Waals surface area (Å²) >= 11 is 0. The van der Waals surface area contributed by atoms with E-state index in [1.807, 2.05) is 0 Å². The van der Waals surface area contributed by atoms with Crippen LogP contribution in [0.5, 0.6) is 0 Å². The van der Waals surface area contributed by atoms with E-state index in [4.69, 9.17) is 47.4 Å². The van der Waals surface area contributed by atoms with Gasteiger partial charge in [0.15, 0.2) is 0 Å². The van der Waals surface area contributed by atoms with E-state index in [2.05, 4.69) is 6.92 Å². The molecule has 0 aromatic heterocycles. The summed E-state index contributed by atoms with van der Waals surface area (Å²) in [5, 5.41) is 0. The van der Waals surface area contributed by atoms with Gasteiger partial charge in [0, 0.05) is 13.5 Å². The first-order valence-corrected chi connectivity index (χ1v) is 18.1. The van der Waals surface area contributed by atoms with Crippen LogP contribution in [0.2, 0.25) is 0 Å². The number of methoxy groups -OCH3 is 1. The van der Waals surface area contributed by atoms with Crippen LogP contribution in [0.3, 0.4) is 0 Å². The molecule has 0 spiro atoms. The Hall–Kier alpha value is -0.890. The number of rotatable bonds is 41. The highest BCUT2D eigenvalue weighted by atomic mass is 16.6.